The van der Waals surface area contributed by atoms with Crippen LogP contribution in [0.4, 0.5) is 0 Å². The van der Waals surface area contributed by atoms with Gasteiger partial charge in [0.2, 0.25) is 0 Å². The van der Waals surface area contributed by atoms with E-state index in [4.69, 9.17) is 0 Å². The summed E-state index contributed by atoms with van der Waals surface area (Å²) in [6.45, 7) is 0. The monoisotopic (exact) mass is 158 g/mol. The fraction of sp³-hybridized carbons (Fsp3) is 1.00. The molecule has 0 unspecified atom stereocenters. The third kappa shape index (κ3) is 1.41. The van der Waals surface area contributed by atoms with E-state index >= 15 is 0 Å². The van der Waals surface area contributed by atoms with Crippen LogP contribution >= 0.6 is 0 Å². The second-order valence-electron chi connectivity index (χ2n) is 4.05. The zero-order valence-electron chi connectivity index (χ0n) is 6.45. The Balaban J connectivity index is 1.86. The lowest BCUT2D eigenvalue weighted by molar-refractivity contribution is -0.0340. The molecule has 0 amide bonds. The number of aliphatic hydroxyl groups is 3. The van der Waals surface area contributed by atoms with E-state index in [2.05, 4.69) is 0 Å². The minimum absolute atomic E-state index is 0.351. The predicted molar refractivity (Wildman–Crippen MR) is 39.0 cm³/mol. The van der Waals surface area contributed by atoms with Crippen molar-refractivity contribution in [1.29, 1.82) is 0 Å². The molecule has 2 rings (SSSR count). The summed E-state index contributed by atoms with van der Waals surface area (Å²) in [4.78, 5) is 0. The highest BCUT2D eigenvalue weighted by molar-refractivity contribution is 5.05. The van der Waals surface area contributed by atoms with E-state index in [-0.39, 0.29) is 0 Å². The molecule has 0 bridgehead atoms. The molecule has 0 radical (unpaired) electrons. The van der Waals surface area contributed by atoms with E-state index in [0.717, 1.165) is 12.8 Å². The van der Waals surface area contributed by atoms with Gasteiger partial charge in [0, 0.05) is 6.42 Å². The Morgan fingerprint density at radius 2 is 1.64 bits per heavy atom. The molecule has 3 N–H and O–H groups in total. The van der Waals surface area contributed by atoms with Crippen LogP contribution in [-0.2, 0) is 0 Å². The van der Waals surface area contributed by atoms with Crippen LogP contribution in [0.2, 0.25) is 0 Å². The minimum atomic E-state index is -0.849. The zero-order chi connectivity index (χ0) is 8.11. The van der Waals surface area contributed by atoms with Crippen LogP contribution in [0.3, 0.4) is 0 Å². The Morgan fingerprint density at radius 1 is 1.09 bits per heavy atom. The summed E-state index contributed by atoms with van der Waals surface area (Å²) < 4.78 is 0. The van der Waals surface area contributed by atoms with Gasteiger partial charge in [0.25, 0.3) is 0 Å². The molecule has 0 saturated heterocycles. The number of rotatable bonds is 3. The van der Waals surface area contributed by atoms with Gasteiger partial charge in [-0.15, -0.1) is 0 Å². The maximum atomic E-state index is 9.43. The van der Waals surface area contributed by atoms with Crippen LogP contribution in [0.5, 0.6) is 0 Å². The van der Waals surface area contributed by atoms with Crippen molar-refractivity contribution in [2.45, 2.75) is 49.4 Å². The van der Waals surface area contributed by atoms with Gasteiger partial charge >= 0.3 is 0 Å². The molecular weight excluding hydrogens is 144 g/mol. The molecule has 11 heavy (non-hydrogen) atoms. The van der Waals surface area contributed by atoms with Crippen LogP contribution < -0.4 is 0 Å². The van der Waals surface area contributed by atoms with Gasteiger partial charge in [0.1, 0.15) is 0 Å². The molecule has 0 aromatic heterocycles. The van der Waals surface area contributed by atoms with E-state index in [1.54, 1.807) is 0 Å². The van der Waals surface area contributed by atoms with Gasteiger partial charge in [0.05, 0.1) is 17.3 Å². The molecule has 3 heteroatoms. The van der Waals surface area contributed by atoms with Gasteiger partial charge in [-0.05, 0) is 25.7 Å². The number of hydrogen-bond donors (Lipinski definition) is 3. The Hall–Kier alpha value is -0.120. The molecule has 2 aliphatic carbocycles. The van der Waals surface area contributed by atoms with Crippen LogP contribution in [0.1, 0.15) is 32.1 Å². The summed E-state index contributed by atoms with van der Waals surface area (Å²) in [5, 5.41) is 28.3. The number of aliphatic hydroxyl groups excluding tert-OH is 1. The smallest absolute Gasteiger partial charge is 0.0908 e. The van der Waals surface area contributed by atoms with E-state index in [1.807, 2.05) is 0 Å². The molecular formula is C8H14O3. The summed E-state index contributed by atoms with van der Waals surface area (Å²) in [7, 11) is 0. The second kappa shape index (κ2) is 1.97. The first-order valence-electron chi connectivity index (χ1n) is 4.17. The average Bonchev–Trinajstić information content (AvgIpc) is 2.75. The molecule has 2 aliphatic rings. The molecule has 0 spiro atoms. The van der Waals surface area contributed by atoms with Gasteiger partial charge in [-0.3, -0.25) is 0 Å². The average molecular weight is 158 g/mol. The fourth-order valence-electron chi connectivity index (χ4n) is 1.36. The first kappa shape index (κ1) is 7.53. The maximum Gasteiger partial charge on any atom is 0.0908 e. The Kier molecular flexibility index (Phi) is 1.35. The van der Waals surface area contributed by atoms with E-state index < -0.39 is 17.3 Å². The van der Waals surface area contributed by atoms with Gasteiger partial charge in [-0.25, -0.2) is 0 Å². The first-order chi connectivity index (χ1) is 5.04. The van der Waals surface area contributed by atoms with Crippen LogP contribution in [0, 0.1) is 0 Å². The van der Waals surface area contributed by atoms with Crippen molar-refractivity contribution in [1.82, 2.24) is 0 Å². The number of hydrogen-bond acceptors (Lipinski definition) is 3. The van der Waals surface area contributed by atoms with Gasteiger partial charge in [-0.1, -0.05) is 0 Å². The molecule has 64 valence electrons. The molecule has 1 atom stereocenters. The minimum Gasteiger partial charge on any atom is -0.390 e. The highest BCUT2D eigenvalue weighted by atomic mass is 16.4. The van der Waals surface area contributed by atoms with Crippen molar-refractivity contribution in [3.8, 4) is 0 Å². The molecule has 0 heterocycles. The summed E-state index contributed by atoms with van der Waals surface area (Å²) in [5.41, 5.74) is -1.49. The Morgan fingerprint density at radius 3 is 2.00 bits per heavy atom. The van der Waals surface area contributed by atoms with Crippen LogP contribution in [-0.4, -0.2) is 32.6 Å². The molecule has 2 fully saturated rings. The highest BCUT2D eigenvalue weighted by Crippen LogP contribution is 2.46. The Labute approximate surface area is 65.7 Å². The largest absolute Gasteiger partial charge is 0.390 e. The third-order valence-corrected chi connectivity index (χ3v) is 2.78. The van der Waals surface area contributed by atoms with Gasteiger partial charge in [-0.2, -0.15) is 0 Å². The standard InChI is InChI=1S/C8H14O3/c9-6(8(11)3-4-8)5-7(10)1-2-7/h6,9-11H,1-5H2/t6-/m0/s1. The third-order valence-electron chi connectivity index (χ3n) is 2.78. The van der Waals surface area contributed by atoms with Crippen molar-refractivity contribution in [2.75, 3.05) is 0 Å². The first-order valence-corrected chi connectivity index (χ1v) is 4.17. The van der Waals surface area contributed by atoms with Crippen molar-refractivity contribution in [3.63, 3.8) is 0 Å². The fourth-order valence-corrected chi connectivity index (χ4v) is 1.36. The van der Waals surface area contributed by atoms with Crippen molar-refractivity contribution < 1.29 is 15.3 Å². The lowest BCUT2D eigenvalue weighted by Crippen LogP contribution is -2.32. The van der Waals surface area contributed by atoms with E-state index in [0.29, 0.717) is 19.3 Å². The second-order valence-corrected chi connectivity index (χ2v) is 4.05. The van der Waals surface area contributed by atoms with Crippen molar-refractivity contribution >= 4 is 0 Å². The zero-order valence-corrected chi connectivity index (χ0v) is 6.45. The molecule has 0 aromatic carbocycles. The van der Waals surface area contributed by atoms with Crippen molar-refractivity contribution in [3.05, 3.63) is 0 Å². The van der Waals surface area contributed by atoms with Crippen LogP contribution in [0.25, 0.3) is 0 Å². The summed E-state index contributed by atoms with van der Waals surface area (Å²) in [5.74, 6) is 0. The SMILES string of the molecule is O[C@@H](CC1(O)CC1)C1(O)CC1. The lowest BCUT2D eigenvalue weighted by Gasteiger charge is -2.19. The molecule has 0 aliphatic heterocycles. The van der Waals surface area contributed by atoms with Gasteiger partial charge in [0.15, 0.2) is 0 Å². The Bertz CT molecular complexity index is 170. The van der Waals surface area contributed by atoms with Crippen molar-refractivity contribution in [2.24, 2.45) is 0 Å². The topological polar surface area (TPSA) is 60.7 Å². The maximum absolute atomic E-state index is 9.43. The van der Waals surface area contributed by atoms with E-state index in [1.165, 1.54) is 0 Å². The van der Waals surface area contributed by atoms with E-state index in [9.17, 15) is 15.3 Å². The molecule has 2 saturated carbocycles. The predicted octanol–water partition coefficient (Wildman–Crippen LogP) is -0.213. The van der Waals surface area contributed by atoms with Crippen LogP contribution in [0.15, 0.2) is 0 Å². The highest BCUT2D eigenvalue weighted by Gasteiger charge is 2.52. The van der Waals surface area contributed by atoms with Gasteiger partial charge < -0.3 is 15.3 Å². The lowest BCUT2D eigenvalue weighted by atomic mass is 10.0. The summed E-state index contributed by atoms with van der Waals surface area (Å²) >= 11 is 0. The normalized spacial score (nSPS) is 33.0. The molecule has 0 aromatic rings. The quantitative estimate of drug-likeness (QED) is 0.532. The molecule has 3 nitrogen and oxygen atoms in total. The summed E-state index contributed by atoms with van der Waals surface area (Å²) in [6.07, 6.45) is 2.56. The summed E-state index contributed by atoms with van der Waals surface area (Å²) in [6, 6.07) is 0.